The van der Waals surface area contributed by atoms with Crippen LogP contribution in [0.4, 0.5) is 4.39 Å². The Morgan fingerprint density at radius 2 is 1.77 bits per heavy atom. The smallest absolute Gasteiger partial charge is 0.220 e. The van der Waals surface area contributed by atoms with E-state index in [1.54, 1.807) is 14.2 Å². The molecule has 0 saturated heterocycles. The first-order valence-corrected chi connectivity index (χ1v) is 10.8. The van der Waals surface area contributed by atoms with Crippen LogP contribution in [-0.2, 0) is 17.8 Å². The van der Waals surface area contributed by atoms with Crippen LogP contribution in [0.1, 0.15) is 49.9 Å². The molecule has 1 heterocycles. The molecule has 2 aromatic rings. The molecule has 3 rings (SSSR count). The van der Waals surface area contributed by atoms with Gasteiger partial charge in [0.15, 0.2) is 11.5 Å². The van der Waals surface area contributed by atoms with Crippen LogP contribution in [0.15, 0.2) is 36.4 Å². The van der Waals surface area contributed by atoms with Gasteiger partial charge in [-0.15, -0.1) is 0 Å². The minimum Gasteiger partial charge on any atom is -0.493 e. The lowest BCUT2D eigenvalue weighted by Gasteiger charge is -2.41. The Balaban J connectivity index is 1.95. The van der Waals surface area contributed by atoms with Gasteiger partial charge >= 0.3 is 0 Å². The van der Waals surface area contributed by atoms with Crippen LogP contribution in [0, 0.1) is 11.7 Å². The number of carbonyl (C=O) groups is 1. The number of methoxy groups -OCH3 is 2. The molecule has 6 heteroatoms. The molecule has 0 radical (unpaired) electrons. The van der Waals surface area contributed by atoms with E-state index in [1.807, 2.05) is 45.0 Å². The van der Waals surface area contributed by atoms with Crippen molar-refractivity contribution in [3.63, 3.8) is 0 Å². The quantitative estimate of drug-likeness (QED) is 0.673. The van der Waals surface area contributed by atoms with E-state index in [0.29, 0.717) is 30.4 Å². The summed E-state index contributed by atoms with van der Waals surface area (Å²) in [5, 5.41) is 3.20. The van der Waals surface area contributed by atoms with Gasteiger partial charge in [0.2, 0.25) is 5.91 Å². The van der Waals surface area contributed by atoms with Gasteiger partial charge < -0.3 is 14.8 Å². The van der Waals surface area contributed by atoms with Crippen molar-refractivity contribution in [2.45, 2.75) is 52.2 Å². The van der Waals surface area contributed by atoms with Crippen molar-refractivity contribution in [1.82, 2.24) is 10.2 Å². The standard InChI is InChI=1S/C25H33FN2O3/c1-16(2)12-24(29)27-17(3)25-21-14-23(31-5)22(30-4)13-19(21)10-11-28(25)15-18-6-8-20(26)9-7-18/h6-9,13-14,16-17,25H,10-12,15H2,1-5H3,(H,27,29)/t17-,25+/m1/s1. The highest BCUT2D eigenvalue weighted by molar-refractivity contribution is 5.76. The molecule has 0 saturated carbocycles. The third-order valence-corrected chi connectivity index (χ3v) is 5.78. The normalized spacial score (nSPS) is 17.2. The summed E-state index contributed by atoms with van der Waals surface area (Å²) in [6.07, 6.45) is 1.36. The van der Waals surface area contributed by atoms with E-state index in [-0.39, 0.29) is 23.8 Å². The minimum atomic E-state index is -0.240. The van der Waals surface area contributed by atoms with E-state index in [2.05, 4.69) is 10.2 Å². The summed E-state index contributed by atoms with van der Waals surface area (Å²) in [5.41, 5.74) is 3.36. The Kier molecular flexibility index (Phi) is 7.55. The molecule has 0 unspecified atom stereocenters. The van der Waals surface area contributed by atoms with Gasteiger partial charge in [-0.2, -0.15) is 0 Å². The topological polar surface area (TPSA) is 50.8 Å². The maximum Gasteiger partial charge on any atom is 0.220 e. The van der Waals surface area contributed by atoms with Gasteiger partial charge in [0.05, 0.1) is 20.3 Å². The summed E-state index contributed by atoms with van der Waals surface area (Å²) in [6.45, 7) is 7.63. The summed E-state index contributed by atoms with van der Waals surface area (Å²) in [7, 11) is 3.27. The number of ether oxygens (including phenoxy) is 2. The predicted octanol–water partition coefficient (Wildman–Crippen LogP) is 4.49. The van der Waals surface area contributed by atoms with E-state index in [1.165, 1.54) is 17.7 Å². The molecule has 31 heavy (non-hydrogen) atoms. The van der Waals surface area contributed by atoms with Crippen molar-refractivity contribution in [2.24, 2.45) is 5.92 Å². The Bertz CT molecular complexity index is 898. The van der Waals surface area contributed by atoms with Crippen LogP contribution in [-0.4, -0.2) is 37.6 Å². The molecular formula is C25H33FN2O3. The number of nitrogens with zero attached hydrogens (tertiary/aromatic N) is 1. The first kappa shape index (κ1) is 23.1. The molecule has 0 aliphatic carbocycles. The minimum absolute atomic E-state index is 0.0373. The summed E-state index contributed by atoms with van der Waals surface area (Å²) in [4.78, 5) is 14.9. The highest BCUT2D eigenvalue weighted by atomic mass is 19.1. The Labute approximate surface area is 184 Å². The second-order valence-electron chi connectivity index (χ2n) is 8.65. The third-order valence-electron chi connectivity index (χ3n) is 5.78. The van der Waals surface area contributed by atoms with Gasteiger partial charge in [0.1, 0.15) is 5.82 Å². The van der Waals surface area contributed by atoms with Crippen LogP contribution in [0.2, 0.25) is 0 Å². The Hall–Kier alpha value is -2.60. The van der Waals surface area contributed by atoms with Gasteiger partial charge in [0.25, 0.3) is 0 Å². The Morgan fingerprint density at radius 1 is 1.13 bits per heavy atom. The molecular weight excluding hydrogens is 395 g/mol. The number of carbonyl (C=O) groups excluding carboxylic acids is 1. The van der Waals surface area contributed by atoms with Crippen molar-refractivity contribution in [3.05, 3.63) is 58.9 Å². The van der Waals surface area contributed by atoms with Crippen LogP contribution < -0.4 is 14.8 Å². The molecule has 0 aromatic heterocycles. The van der Waals surface area contributed by atoms with Gasteiger partial charge in [-0.05, 0) is 60.2 Å². The van der Waals surface area contributed by atoms with Crippen molar-refractivity contribution < 1.29 is 18.7 Å². The number of halogens is 1. The molecule has 168 valence electrons. The SMILES string of the molecule is COc1cc2c(cc1OC)[C@H]([C@@H](C)NC(=O)CC(C)C)N(Cc1ccc(F)cc1)CC2. The molecule has 5 nitrogen and oxygen atoms in total. The lowest BCUT2D eigenvalue weighted by atomic mass is 9.87. The first-order valence-electron chi connectivity index (χ1n) is 10.8. The third kappa shape index (κ3) is 5.56. The van der Waals surface area contributed by atoms with E-state index < -0.39 is 0 Å². The van der Waals surface area contributed by atoms with Crippen molar-refractivity contribution in [3.8, 4) is 11.5 Å². The molecule has 0 spiro atoms. The molecule has 0 bridgehead atoms. The van der Waals surface area contributed by atoms with Crippen LogP contribution >= 0.6 is 0 Å². The maximum atomic E-state index is 13.4. The molecule has 1 amide bonds. The number of hydrogen-bond acceptors (Lipinski definition) is 4. The fraction of sp³-hybridized carbons (Fsp3) is 0.480. The molecule has 1 aliphatic rings. The maximum absolute atomic E-state index is 13.4. The molecule has 2 atom stereocenters. The summed E-state index contributed by atoms with van der Waals surface area (Å²) >= 11 is 0. The number of amides is 1. The lowest BCUT2D eigenvalue weighted by Crippen LogP contribution is -2.47. The fourth-order valence-corrected chi connectivity index (χ4v) is 4.38. The van der Waals surface area contributed by atoms with E-state index in [4.69, 9.17) is 9.47 Å². The number of fused-ring (bicyclic) bond motifs is 1. The van der Waals surface area contributed by atoms with Crippen LogP contribution in [0.3, 0.4) is 0 Å². The monoisotopic (exact) mass is 428 g/mol. The van der Waals surface area contributed by atoms with Crippen molar-refractivity contribution in [1.29, 1.82) is 0 Å². The van der Waals surface area contributed by atoms with Gasteiger partial charge in [0, 0.05) is 25.6 Å². The number of nitrogens with one attached hydrogen (secondary N) is 1. The zero-order valence-electron chi connectivity index (χ0n) is 19.1. The summed E-state index contributed by atoms with van der Waals surface area (Å²) in [5.74, 6) is 1.50. The highest BCUT2D eigenvalue weighted by Crippen LogP contribution is 2.40. The largest absolute Gasteiger partial charge is 0.493 e. The molecule has 1 aliphatic heterocycles. The van der Waals surface area contributed by atoms with E-state index in [0.717, 1.165) is 24.1 Å². The second kappa shape index (κ2) is 10.1. The predicted molar refractivity (Wildman–Crippen MR) is 120 cm³/mol. The van der Waals surface area contributed by atoms with Gasteiger partial charge in [-0.25, -0.2) is 4.39 Å². The number of benzene rings is 2. The summed E-state index contributed by atoms with van der Waals surface area (Å²) in [6, 6.07) is 10.5. The Morgan fingerprint density at radius 3 is 2.39 bits per heavy atom. The van der Waals surface area contributed by atoms with E-state index >= 15 is 0 Å². The highest BCUT2D eigenvalue weighted by Gasteiger charge is 2.33. The fourth-order valence-electron chi connectivity index (χ4n) is 4.38. The first-order chi connectivity index (χ1) is 14.8. The van der Waals surface area contributed by atoms with Crippen molar-refractivity contribution in [2.75, 3.05) is 20.8 Å². The van der Waals surface area contributed by atoms with Gasteiger partial charge in [-0.3, -0.25) is 9.69 Å². The molecule has 1 N–H and O–H groups in total. The lowest BCUT2D eigenvalue weighted by molar-refractivity contribution is -0.122. The van der Waals surface area contributed by atoms with Crippen LogP contribution in [0.5, 0.6) is 11.5 Å². The zero-order valence-corrected chi connectivity index (χ0v) is 19.1. The summed E-state index contributed by atoms with van der Waals surface area (Å²) < 4.78 is 24.4. The average molecular weight is 429 g/mol. The van der Waals surface area contributed by atoms with E-state index in [9.17, 15) is 9.18 Å². The molecule has 0 fully saturated rings. The zero-order chi connectivity index (χ0) is 22.5. The van der Waals surface area contributed by atoms with Crippen LogP contribution in [0.25, 0.3) is 0 Å². The van der Waals surface area contributed by atoms with Gasteiger partial charge in [-0.1, -0.05) is 26.0 Å². The average Bonchev–Trinajstić information content (AvgIpc) is 2.73. The molecule has 2 aromatic carbocycles. The number of rotatable bonds is 8. The second-order valence-corrected chi connectivity index (χ2v) is 8.65. The number of hydrogen-bond donors (Lipinski definition) is 1. The van der Waals surface area contributed by atoms with Crippen molar-refractivity contribution >= 4 is 5.91 Å².